The summed E-state index contributed by atoms with van der Waals surface area (Å²) in [4.78, 5) is 7.61. The minimum absolute atomic E-state index is 0.127. The average Bonchev–Trinajstić information content (AvgIpc) is 3.22. The topological polar surface area (TPSA) is 48.7 Å². The Kier molecular flexibility index (Phi) is 6.64. The summed E-state index contributed by atoms with van der Waals surface area (Å²) in [5.41, 5.74) is 5.74. The highest BCUT2D eigenvalue weighted by Crippen LogP contribution is 2.47. The first-order valence-corrected chi connectivity index (χ1v) is 14.9. The molecular weight excluding hydrogens is 470 g/mol. The number of aromatic nitrogens is 1. The van der Waals surface area contributed by atoms with Crippen molar-refractivity contribution in [3.8, 4) is 11.3 Å². The lowest BCUT2D eigenvalue weighted by atomic mass is 9.63. The zero-order chi connectivity index (χ0) is 26.7. The Hall–Kier alpha value is -1.95. The fraction of sp³-hybridized carbons (Fsp3) is 0.667. The fourth-order valence-electron chi connectivity index (χ4n) is 7.29. The number of anilines is 1. The third-order valence-corrected chi connectivity index (χ3v) is 9.66. The molecule has 1 aromatic carbocycles. The van der Waals surface area contributed by atoms with E-state index >= 15 is 0 Å². The van der Waals surface area contributed by atoms with Crippen molar-refractivity contribution >= 4 is 5.82 Å². The maximum absolute atomic E-state index is 6.27. The largest absolute Gasteiger partial charge is 0.654 e. The quantitative estimate of drug-likeness (QED) is 0.422. The molecule has 0 N–H and O–H groups in total. The van der Waals surface area contributed by atoms with Crippen molar-refractivity contribution < 1.29 is 9.47 Å². The molecule has 0 bridgehead atoms. The molecule has 3 atom stereocenters. The van der Waals surface area contributed by atoms with Gasteiger partial charge in [0.25, 0.3) is 0 Å². The van der Waals surface area contributed by atoms with Crippen molar-refractivity contribution in [1.29, 1.82) is 0 Å². The Balaban J connectivity index is 1.13. The molecule has 38 heavy (non-hydrogen) atoms. The minimum atomic E-state index is -0.475. The molecule has 2 aromatic rings. The van der Waals surface area contributed by atoms with Crippen LogP contribution in [0.4, 0.5) is 5.82 Å². The third kappa shape index (κ3) is 5.02. The standard InChI is InChI=1S/C33H46N3O2/c1-31(2)17-18-32(3,4)25-21-22(13-14-24(25)31)26-9-8-12-29(35-26)36-19-15-23(16-20-36)34-27-10-7-11-28-30(27)38-33(5,6)37-28/h8-9,12-14,21,23,27-28,30H,7,10-11,15-20H2,1-6H3/q-1/t27?,28-,30?/m0/s1. The van der Waals surface area contributed by atoms with E-state index in [1.54, 1.807) is 0 Å². The lowest BCUT2D eigenvalue weighted by molar-refractivity contribution is -0.146. The van der Waals surface area contributed by atoms with Crippen LogP contribution in [-0.4, -0.2) is 48.2 Å². The number of fused-ring (bicyclic) bond motifs is 2. The van der Waals surface area contributed by atoms with E-state index in [4.69, 9.17) is 19.8 Å². The normalized spacial score (nSPS) is 30.1. The van der Waals surface area contributed by atoms with E-state index in [9.17, 15) is 0 Å². The van der Waals surface area contributed by atoms with Crippen molar-refractivity contribution in [1.82, 2.24) is 4.98 Å². The summed E-state index contributed by atoms with van der Waals surface area (Å²) in [6.45, 7) is 15.6. The molecular formula is C33H46N3O2-. The first-order valence-electron chi connectivity index (χ1n) is 14.9. The van der Waals surface area contributed by atoms with Crippen LogP contribution in [0.2, 0.25) is 0 Å². The second-order valence-corrected chi connectivity index (χ2v) is 13.9. The van der Waals surface area contributed by atoms with Crippen LogP contribution in [0.1, 0.15) is 97.6 Å². The van der Waals surface area contributed by atoms with Crippen LogP contribution in [0.25, 0.3) is 16.6 Å². The van der Waals surface area contributed by atoms with Crippen LogP contribution in [0.5, 0.6) is 0 Å². The zero-order valence-corrected chi connectivity index (χ0v) is 24.3. The summed E-state index contributed by atoms with van der Waals surface area (Å²) in [5.74, 6) is 0.614. The van der Waals surface area contributed by atoms with Crippen molar-refractivity contribution in [3.63, 3.8) is 0 Å². The molecule has 0 radical (unpaired) electrons. The van der Waals surface area contributed by atoms with Crippen LogP contribution < -0.4 is 4.90 Å². The number of nitrogens with zero attached hydrogens (tertiary/aromatic N) is 3. The molecule has 206 valence electrons. The second-order valence-electron chi connectivity index (χ2n) is 13.9. The Morgan fingerprint density at radius 2 is 1.58 bits per heavy atom. The summed E-state index contributed by atoms with van der Waals surface area (Å²) in [6, 6.07) is 14.2. The van der Waals surface area contributed by atoms with Gasteiger partial charge in [0.1, 0.15) is 5.82 Å². The van der Waals surface area contributed by atoms with Gasteiger partial charge >= 0.3 is 0 Å². The predicted molar refractivity (Wildman–Crippen MR) is 155 cm³/mol. The van der Waals surface area contributed by atoms with Gasteiger partial charge in [-0.15, -0.1) is 12.1 Å². The number of piperidine rings is 1. The molecule has 5 nitrogen and oxygen atoms in total. The molecule has 0 amide bonds. The molecule has 0 spiro atoms. The van der Waals surface area contributed by atoms with Crippen molar-refractivity contribution in [3.05, 3.63) is 52.8 Å². The number of hydrogen-bond acceptors (Lipinski definition) is 4. The molecule has 3 fully saturated rings. The lowest BCUT2D eigenvalue weighted by Gasteiger charge is -2.48. The lowest BCUT2D eigenvalue weighted by Crippen LogP contribution is -2.42. The first kappa shape index (κ1) is 26.3. The molecule has 2 unspecified atom stereocenters. The number of pyridine rings is 1. The van der Waals surface area contributed by atoms with Gasteiger partial charge in [-0.3, -0.25) is 0 Å². The molecule has 2 aliphatic carbocycles. The van der Waals surface area contributed by atoms with Crippen LogP contribution in [0, 0.1) is 0 Å². The molecule has 2 saturated heterocycles. The van der Waals surface area contributed by atoms with E-state index in [0.29, 0.717) is 6.04 Å². The van der Waals surface area contributed by atoms with E-state index in [0.717, 1.165) is 50.3 Å². The van der Waals surface area contributed by atoms with E-state index < -0.39 is 5.79 Å². The van der Waals surface area contributed by atoms with Crippen molar-refractivity contribution in [2.45, 2.75) is 127 Å². The highest BCUT2D eigenvalue weighted by Gasteiger charge is 2.44. The summed E-state index contributed by atoms with van der Waals surface area (Å²) in [7, 11) is 0. The summed E-state index contributed by atoms with van der Waals surface area (Å²) in [6.07, 6.45) is 8.35. The molecule has 1 saturated carbocycles. The highest BCUT2D eigenvalue weighted by molar-refractivity contribution is 5.65. The van der Waals surface area contributed by atoms with Crippen LogP contribution in [0.3, 0.4) is 0 Å². The van der Waals surface area contributed by atoms with Gasteiger partial charge in [-0.05, 0) is 73.3 Å². The Morgan fingerprint density at radius 3 is 2.34 bits per heavy atom. The van der Waals surface area contributed by atoms with E-state index in [2.05, 4.69) is 69.0 Å². The smallest absolute Gasteiger partial charge is 0.163 e. The summed E-state index contributed by atoms with van der Waals surface area (Å²) < 4.78 is 12.4. The second kappa shape index (κ2) is 9.60. The first-order chi connectivity index (χ1) is 18.0. The van der Waals surface area contributed by atoms with Gasteiger partial charge < -0.3 is 19.7 Å². The third-order valence-electron chi connectivity index (χ3n) is 9.66. The number of benzene rings is 1. The number of rotatable bonds is 4. The van der Waals surface area contributed by atoms with Crippen molar-refractivity contribution in [2.75, 3.05) is 18.0 Å². The maximum Gasteiger partial charge on any atom is 0.163 e. The SMILES string of the molecule is CC1(C)OC2C([N-]C3CCN(c4cccc(-c5ccc6c(c5)C(C)(C)CCC6(C)C)n4)CC3)CCC[C@@H]2O1. The van der Waals surface area contributed by atoms with E-state index in [1.807, 2.05) is 13.8 Å². The van der Waals surface area contributed by atoms with Crippen LogP contribution in [0.15, 0.2) is 36.4 Å². The number of hydrogen-bond donors (Lipinski definition) is 0. The molecule has 1 aromatic heterocycles. The molecule has 3 heterocycles. The van der Waals surface area contributed by atoms with Gasteiger partial charge in [0, 0.05) is 18.7 Å². The van der Waals surface area contributed by atoms with Gasteiger partial charge in [-0.2, -0.15) is 0 Å². The van der Waals surface area contributed by atoms with Gasteiger partial charge in [0.05, 0.1) is 17.9 Å². The van der Waals surface area contributed by atoms with Gasteiger partial charge in [0.15, 0.2) is 5.79 Å². The predicted octanol–water partition coefficient (Wildman–Crippen LogP) is 7.51. The summed E-state index contributed by atoms with van der Waals surface area (Å²) >= 11 is 0. The zero-order valence-electron chi connectivity index (χ0n) is 24.3. The van der Waals surface area contributed by atoms with Gasteiger partial charge in [-0.1, -0.05) is 71.6 Å². The molecule has 6 rings (SSSR count). The average molecular weight is 517 g/mol. The van der Waals surface area contributed by atoms with E-state index in [1.165, 1.54) is 36.0 Å². The number of ether oxygens (including phenoxy) is 2. The van der Waals surface area contributed by atoms with E-state index in [-0.39, 0.29) is 29.1 Å². The highest BCUT2D eigenvalue weighted by atomic mass is 16.8. The molecule has 2 aliphatic heterocycles. The maximum atomic E-state index is 6.27. The van der Waals surface area contributed by atoms with Crippen molar-refractivity contribution in [2.24, 2.45) is 0 Å². The minimum Gasteiger partial charge on any atom is -0.654 e. The van der Waals surface area contributed by atoms with Gasteiger partial charge in [-0.25, -0.2) is 4.98 Å². The monoisotopic (exact) mass is 516 g/mol. The van der Waals surface area contributed by atoms with Crippen LogP contribution >= 0.6 is 0 Å². The van der Waals surface area contributed by atoms with Gasteiger partial charge in [0.2, 0.25) is 0 Å². The molecule has 5 heteroatoms. The Labute approximate surface area is 229 Å². The fourth-order valence-corrected chi connectivity index (χ4v) is 7.29. The molecule has 4 aliphatic rings. The Morgan fingerprint density at radius 1 is 0.842 bits per heavy atom. The van der Waals surface area contributed by atoms with Crippen LogP contribution in [-0.2, 0) is 20.3 Å². The summed E-state index contributed by atoms with van der Waals surface area (Å²) in [5, 5.41) is 5.31. The Bertz CT molecular complexity index is 1160.